The molecule has 1 saturated heterocycles. The smallest absolute Gasteiger partial charge is 0.246 e. The van der Waals surface area contributed by atoms with Crippen LogP contribution in [0.5, 0.6) is 0 Å². The van der Waals surface area contributed by atoms with Crippen LogP contribution >= 0.6 is 11.7 Å². The van der Waals surface area contributed by atoms with E-state index in [1.165, 1.54) is 4.31 Å². The van der Waals surface area contributed by atoms with Gasteiger partial charge in [0.25, 0.3) is 0 Å². The molecule has 8 nitrogen and oxygen atoms in total. The lowest BCUT2D eigenvalue weighted by molar-refractivity contribution is -0.122. The van der Waals surface area contributed by atoms with Crippen molar-refractivity contribution in [2.75, 3.05) is 31.5 Å². The Bertz CT molecular complexity index is 1390. The molecule has 4 aromatic rings. The van der Waals surface area contributed by atoms with Crippen molar-refractivity contribution >= 4 is 44.4 Å². The highest BCUT2D eigenvalue weighted by atomic mass is 32.2. The van der Waals surface area contributed by atoms with E-state index in [-0.39, 0.29) is 23.9 Å². The number of piperazine rings is 1. The Labute approximate surface area is 202 Å². The highest BCUT2D eigenvalue weighted by molar-refractivity contribution is 7.89. The summed E-state index contributed by atoms with van der Waals surface area (Å²) in [5.41, 5.74) is 2.57. The van der Waals surface area contributed by atoms with Gasteiger partial charge < -0.3 is 5.32 Å². The minimum atomic E-state index is -3.73. The van der Waals surface area contributed by atoms with Gasteiger partial charge in [-0.2, -0.15) is 13.1 Å². The number of carbonyl (C=O) groups is 1. The minimum Gasteiger partial charge on any atom is -0.324 e. The van der Waals surface area contributed by atoms with Gasteiger partial charge in [-0.25, -0.2) is 8.42 Å². The van der Waals surface area contributed by atoms with Crippen LogP contribution in [0.25, 0.3) is 11.0 Å². The summed E-state index contributed by atoms with van der Waals surface area (Å²) >= 11 is 1.000. The van der Waals surface area contributed by atoms with Gasteiger partial charge in [-0.3, -0.25) is 9.69 Å². The van der Waals surface area contributed by atoms with Crippen LogP contribution in [0.2, 0.25) is 0 Å². The highest BCUT2D eigenvalue weighted by Gasteiger charge is 2.35. The summed E-state index contributed by atoms with van der Waals surface area (Å²) in [6, 6.07) is 23.4. The zero-order chi connectivity index (χ0) is 23.5. The second-order valence-corrected chi connectivity index (χ2v) is 10.4. The van der Waals surface area contributed by atoms with Crippen LogP contribution in [-0.2, 0) is 14.8 Å². The zero-order valence-electron chi connectivity index (χ0n) is 18.2. The Kier molecular flexibility index (Phi) is 6.38. The molecule has 3 aromatic carbocycles. The maximum atomic E-state index is 13.4. The summed E-state index contributed by atoms with van der Waals surface area (Å²) < 4.78 is 36.6. The van der Waals surface area contributed by atoms with Crippen LogP contribution < -0.4 is 5.32 Å². The maximum absolute atomic E-state index is 13.4. The lowest BCUT2D eigenvalue weighted by atomic mass is 10.0. The summed E-state index contributed by atoms with van der Waals surface area (Å²) in [7, 11) is -3.73. The summed E-state index contributed by atoms with van der Waals surface area (Å²) in [5, 5.41) is 3.00. The van der Waals surface area contributed by atoms with Gasteiger partial charge in [0.2, 0.25) is 15.9 Å². The van der Waals surface area contributed by atoms with Crippen molar-refractivity contribution < 1.29 is 13.2 Å². The molecule has 1 fully saturated rings. The lowest BCUT2D eigenvalue weighted by Gasteiger charge is -2.38. The van der Waals surface area contributed by atoms with Crippen LogP contribution in [0.3, 0.4) is 0 Å². The number of carbonyl (C=O) groups excluding carboxylic acids is 1. The molecule has 1 atom stereocenters. The number of amides is 1. The normalized spacial score (nSPS) is 16.4. The van der Waals surface area contributed by atoms with E-state index in [0.717, 1.165) is 23.0 Å². The fraction of sp³-hybridized carbons (Fsp3) is 0.208. The number of hydrogen-bond donors (Lipinski definition) is 1. The molecule has 0 saturated carbocycles. The van der Waals surface area contributed by atoms with E-state index in [1.54, 1.807) is 18.2 Å². The fourth-order valence-electron chi connectivity index (χ4n) is 4.23. The number of nitrogens with one attached hydrogen (secondary N) is 1. The van der Waals surface area contributed by atoms with Gasteiger partial charge in [0.1, 0.15) is 22.0 Å². The molecule has 2 heterocycles. The number of nitrogens with zero attached hydrogens (tertiary/aromatic N) is 4. The predicted molar refractivity (Wildman–Crippen MR) is 132 cm³/mol. The predicted octanol–water partition coefficient (Wildman–Crippen LogP) is 3.38. The Balaban J connectivity index is 1.36. The quantitative estimate of drug-likeness (QED) is 0.443. The number of hydrogen-bond acceptors (Lipinski definition) is 7. The molecular formula is C24H23N5O3S2. The van der Waals surface area contributed by atoms with Crippen molar-refractivity contribution in [3.8, 4) is 0 Å². The average Bonchev–Trinajstić information content (AvgIpc) is 3.35. The second kappa shape index (κ2) is 9.59. The van der Waals surface area contributed by atoms with Crippen LogP contribution in [0.4, 0.5) is 5.69 Å². The molecule has 5 rings (SSSR count). The number of benzene rings is 3. The first-order chi connectivity index (χ1) is 16.5. The molecule has 174 valence electrons. The molecular weight excluding hydrogens is 470 g/mol. The third-order valence-electron chi connectivity index (χ3n) is 5.91. The van der Waals surface area contributed by atoms with Crippen molar-refractivity contribution in [2.45, 2.75) is 10.9 Å². The number of anilines is 1. The topological polar surface area (TPSA) is 95.5 Å². The highest BCUT2D eigenvalue weighted by Crippen LogP contribution is 2.28. The number of para-hydroxylation sites is 1. The third-order valence-corrected chi connectivity index (χ3v) is 8.38. The average molecular weight is 494 g/mol. The first-order valence-electron chi connectivity index (χ1n) is 10.9. The number of aromatic nitrogens is 2. The number of fused-ring (bicyclic) bond motifs is 1. The van der Waals surface area contributed by atoms with Gasteiger partial charge >= 0.3 is 0 Å². The number of rotatable bonds is 6. The molecule has 1 aliphatic rings. The van der Waals surface area contributed by atoms with Crippen molar-refractivity contribution in [2.24, 2.45) is 0 Å². The molecule has 34 heavy (non-hydrogen) atoms. The van der Waals surface area contributed by atoms with E-state index < -0.39 is 16.1 Å². The summed E-state index contributed by atoms with van der Waals surface area (Å²) in [5.74, 6) is -0.146. The molecule has 10 heteroatoms. The largest absolute Gasteiger partial charge is 0.324 e. The van der Waals surface area contributed by atoms with E-state index in [9.17, 15) is 13.2 Å². The second-order valence-electron chi connectivity index (χ2n) is 8.00. The standard InChI is InChI=1S/C24H23N5O3S2/c30-24(25-19-10-5-2-6-11-19)23(18-8-3-1-4-9-18)28-14-16-29(17-15-28)34(31,32)21-13-7-12-20-22(21)27-33-26-20/h1-13,23H,14-17H2,(H,25,30). The summed E-state index contributed by atoms with van der Waals surface area (Å²) in [6.07, 6.45) is 0. The van der Waals surface area contributed by atoms with Gasteiger partial charge in [-0.1, -0.05) is 54.6 Å². The van der Waals surface area contributed by atoms with E-state index in [1.807, 2.05) is 65.6 Å². The molecule has 0 bridgehead atoms. The van der Waals surface area contributed by atoms with Gasteiger partial charge in [0.15, 0.2) is 0 Å². The van der Waals surface area contributed by atoms with Crippen LogP contribution in [0, 0.1) is 0 Å². The molecule has 1 N–H and O–H groups in total. The maximum Gasteiger partial charge on any atom is 0.246 e. The van der Waals surface area contributed by atoms with Crippen LogP contribution in [0.1, 0.15) is 11.6 Å². The molecule has 1 aromatic heterocycles. The van der Waals surface area contributed by atoms with Crippen molar-refractivity contribution in [1.29, 1.82) is 0 Å². The monoisotopic (exact) mass is 493 g/mol. The van der Waals surface area contributed by atoms with Crippen molar-refractivity contribution in [1.82, 2.24) is 18.0 Å². The summed E-state index contributed by atoms with van der Waals surface area (Å²) in [6.45, 7) is 1.40. The first-order valence-corrected chi connectivity index (χ1v) is 13.1. The first kappa shape index (κ1) is 22.6. The van der Waals surface area contributed by atoms with Crippen molar-refractivity contribution in [3.05, 3.63) is 84.4 Å². The Morgan fingerprint density at radius 2 is 1.53 bits per heavy atom. The molecule has 1 aliphatic heterocycles. The van der Waals surface area contributed by atoms with Crippen LogP contribution in [-0.4, -0.2) is 58.5 Å². The number of sulfonamides is 1. The molecule has 0 radical (unpaired) electrons. The Morgan fingerprint density at radius 3 is 2.24 bits per heavy atom. The summed E-state index contributed by atoms with van der Waals surface area (Å²) in [4.78, 5) is 15.5. The molecule has 1 amide bonds. The Morgan fingerprint density at radius 1 is 0.853 bits per heavy atom. The third kappa shape index (κ3) is 4.45. The fourth-order valence-corrected chi connectivity index (χ4v) is 6.40. The lowest BCUT2D eigenvalue weighted by Crippen LogP contribution is -2.51. The Hall–Kier alpha value is -3.18. The molecule has 1 unspecified atom stereocenters. The van der Waals surface area contributed by atoms with Gasteiger partial charge in [-0.15, -0.1) is 0 Å². The van der Waals surface area contributed by atoms with Gasteiger partial charge in [0.05, 0.1) is 11.7 Å². The van der Waals surface area contributed by atoms with Gasteiger partial charge in [0, 0.05) is 31.9 Å². The minimum absolute atomic E-state index is 0.146. The van der Waals surface area contributed by atoms with E-state index in [2.05, 4.69) is 14.1 Å². The molecule has 0 spiro atoms. The SMILES string of the molecule is O=C(Nc1ccccc1)C(c1ccccc1)N1CCN(S(=O)(=O)c2cccc3nsnc23)CC1. The van der Waals surface area contributed by atoms with E-state index in [0.29, 0.717) is 24.1 Å². The van der Waals surface area contributed by atoms with Gasteiger partial charge in [-0.05, 0) is 29.8 Å². The van der Waals surface area contributed by atoms with Crippen molar-refractivity contribution in [3.63, 3.8) is 0 Å². The van der Waals surface area contributed by atoms with Crippen LogP contribution in [0.15, 0.2) is 83.8 Å². The van der Waals surface area contributed by atoms with E-state index >= 15 is 0 Å². The molecule has 0 aliphatic carbocycles. The van der Waals surface area contributed by atoms with E-state index in [4.69, 9.17) is 0 Å². The zero-order valence-corrected chi connectivity index (χ0v) is 19.9.